The van der Waals surface area contributed by atoms with Gasteiger partial charge >= 0.3 is 6.01 Å². The fraction of sp³-hybridized carbons (Fsp3) is 0.211. The zero-order chi connectivity index (χ0) is 20.3. The normalized spacial score (nSPS) is 11.2. The molecule has 0 spiro atoms. The van der Waals surface area contributed by atoms with Crippen molar-refractivity contribution in [3.05, 3.63) is 53.6 Å². The van der Waals surface area contributed by atoms with Crippen LogP contribution in [0.5, 0.6) is 5.75 Å². The van der Waals surface area contributed by atoms with Crippen molar-refractivity contribution in [2.24, 2.45) is 0 Å². The van der Waals surface area contributed by atoms with Gasteiger partial charge in [-0.25, -0.2) is 8.42 Å². The number of hydrogen-bond acceptors (Lipinski definition) is 7. The number of aryl methyl sites for hydroxylation is 2. The van der Waals surface area contributed by atoms with E-state index in [1.54, 1.807) is 0 Å². The predicted molar refractivity (Wildman–Crippen MR) is 103 cm³/mol. The number of nitrogens with zero attached hydrogens (tertiary/aromatic N) is 2. The number of nitrogens with one attached hydrogen (secondary N) is 1. The number of carbonyl (C=O) groups is 1. The first-order valence-corrected chi connectivity index (χ1v) is 10.0. The molecule has 1 heterocycles. The van der Waals surface area contributed by atoms with Crippen molar-refractivity contribution in [2.75, 3.05) is 18.2 Å². The average molecular weight is 401 g/mol. The topological polar surface area (TPSA) is 111 Å². The van der Waals surface area contributed by atoms with Crippen LogP contribution >= 0.6 is 0 Å². The van der Waals surface area contributed by atoms with E-state index in [0.717, 1.165) is 16.7 Å². The molecule has 0 saturated carbocycles. The fourth-order valence-electron chi connectivity index (χ4n) is 2.63. The Bertz CT molecular complexity index is 1100. The molecule has 1 aromatic heterocycles. The zero-order valence-electron chi connectivity index (χ0n) is 15.6. The second-order valence-electron chi connectivity index (χ2n) is 6.21. The summed E-state index contributed by atoms with van der Waals surface area (Å²) in [5.41, 5.74) is 2.78. The molecule has 3 rings (SSSR count). The van der Waals surface area contributed by atoms with Gasteiger partial charge in [-0.1, -0.05) is 22.8 Å². The van der Waals surface area contributed by atoms with E-state index in [9.17, 15) is 13.2 Å². The highest BCUT2D eigenvalue weighted by Gasteiger charge is 2.21. The predicted octanol–water partition coefficient (Wildman–Crippen LogP) is 2.77. The Balaban J connectivity index is 1.70. The van der Waals surface area contributed by atoms with Gasteiger partial charge in [0, 0.05) is 5.56 Å². The second-order valence-corrected chi connectivity index (χ2v) is 8.20. The van der Waals surface area contributed by atoms with Crippen LogP contribution in [0, 0.1) is 13.8 Å². The van der Waals surface area contributed by atoms with E-state index >= 15 is 0 Å². The Kier molecular flexibility index (Phi) is 5.46. The lowest BCUT2D eigenvalue weighted by molar-refractivity contribution is -0.114. The van der Waals surface area contributed by atoms with Crippen molar-refractivity contribution in [1.82, 2.24) is 10.2 Å². The van der Waals surface area contributed by atoms with E-state index in [1.165, 1.54) is 31.4 Å². The number of anilines is 1. The number of hydrogen-bond donors (Lipinski definition) is 1. The van der Waals surface area contributed by atoms with Gasteiger partial charge in [0.2, 0.25) is 11.8 Å². The minimum absolute atomic E-state index is 0.0185. The van der Waals surface area contributed by atoms with E-state index in [4.69, 9.17) is 9.15 Å². The third kappa shape index (κ3) is 4.37. The van der Waals surface area contributed by atoms with Crippen molar-refractivity contribution in [3.8, 4) is 17.2 Å². The van der Waals surface area contributed by atoms with Crippen LogP contribution in [0.25, 0.3) is 11.5 Å². The summed E-state index contributed by atoms with van der Waals surface area (Å²) in [5.74, 6) is -0.758. The maximum Gasteiger partial charge on any atom is 0.322 e. The summed E-state index contributed by atoms with van der Waals surface area (Å²) in [4.78, 5) is 12.2. The molecule has 9 heteroatoms. The summed E-state index contributed by atoms with van der Waals surface area (Å²) >= 11 is 0. The molecular weight excluding hydrogens is 382 g/mol. The molecule has 0 unspecified atom stereocenters. The molecule has 146 valence electrons. The summed E-state index contributed by atoms with van der Waals surface area (Å²) in [6.07, 6.45) is 0. The van der Waals surface area contributed by atoms with Crippen LogP contribution in [0.2, 0.25) is 0 Å². The molecule has 8 nitrogen and oxygen atoms in total. The molecule has 2 aromatic carbocycles. The summed E-state index contributed by atoms with van der Waals surface area (Å²) in [7, 11) is -2.34. The Hall–Kier alpha value is -3.20. The van der Waals surface area contributed by atoms with Crippen LogP contribution in [0.15, 0.2) is 51.8 Å². The highest BCUT2D eigenvalue weighted by molar-refractivity contribution is 7.92. The van der Waals surface area contributed by atoms with Crippen molar-refractivity contribution in [3.63, 3.8) is 0 Å². The summed E-state index contributed by atoms with van der Waals surface area (Å²) in [5, 5.41) is 10.00. The van der Waals surface area contributed by atoms with Crippen LogP contribution in [0.1, 0.15) is 11.1 Å². The van der Waals surface area contributed by atoms with E-state index in [1.807, 2.05) is 32.0 Å². The number of carbonyl (C=O) groups excluding carboxylic acids is 1. The molecule has 0 aliphatic heterocycles. The smallest absolute Gasteiger partial charge is 0.322 e. The standard InChI is InChI=1S/C19H19N3O5S/c1-12-4-9-16(13(2)10-12)18-21-22-19(27-18)20-17(23)11-28(24,25)15-7-5-14(26-3)6-8-15/h4-10H,11H2,1-3H3,(H,20,22,23). The molecule has 0 fully saturated rings. The van der Waals surface area contributed by atoms with Crippen LogP contribution in [0.4, 0.5) is 6.01 Å². The first-order chi connectivity index (χ1) is 13.3. The summed E-state index contributed by atoms with van der Waals surface area (Å²) < 4.78 is 35.2. The van der Waals surface area contributed by atoms with E-state index in [0.29, 0.717) is 5.75 Å². The molecule has 3 aromatic rings. The van der Waals surface area contributed by atoms with Gasteiger partial charge < -0.3 is 9.15 Å². The third-order valence-corrected chi connectivity index (χ3v) is 5.66. The van der Waals surface area contributed by atoms with Gasteiger partial charge in [-0.3, -0.25) is 10.1 Å². The molecular formula is C19H19N3O5S. The lowest BCUT2D eigenvalue weighted by atomic mass is 10.1. The molecule has 0 saturated heterocycles. The van der Waals surface area contributed by atoms with Crippen molar-refractivity contribution >= 4 is 21.8 Å². The zero-order valence-corrected chi connectivity index (χ0v) is 16.4. The first kappa shape index (κ1) is 19.6. The highest BCUT2D eigenvalue weighted by Crippen LogP contribution is 2.24. The minimum atomic E-state index is -3.82. The van der Waals surface area contributed by atoms with E-state index in [-0.39, 0.29) is 16.8 Å². The molecule has 0 aliphatic rings. The van der Waals surface area contributed by atoms with Crippen LogP contribution < -0.4 is 10.1 Å². The monoisotopic (exact) mass is 401 g/mol. The lowest BCUT2D eigenvalue weighted by Gasteiger charge is -2.05. The maximum absolute atomic E-state index is 12.4. The Morgan fingerprint density at radius 1 is 1.11 bits per heavy atom. The number of rotatable bonds is 6. The van der Waals surface area contributed by atoms with Gasteiger partial charge in [-0.15, -0.1) is 5.10 Å². The molecule has 0 radical (unpaired) electrons. The number of aromatic nitrogens is 2. The minimum Gasteiger partial charge on any atom is -0.497 e. The van der Waals surface area contributed by atoms with Crippen molar-refractivity contribution in [2.45, 2.75) is 18.7 Å². The van der Waals surface area contributed by atoms with Crippen LogP contribution in [-0.2, 0) is 14.6 Å². The third-order valence-electron chi connectivity index (χ3n) is 4.02. The van der Waals surface area contributed by atoms with Gasteiger partial charge in [0.1, 0.15) is 11.5 Å². The van der Waals surface area contributed by atoms with Crippen LogP contribution in [-0.4, -0.2) is 37.4 Å². The number of benzene rings is 2. The van der Waals surface area contributed by atoms with Crippen molar-refractivity contribution < 1.29 is 22.4 Å². The molecule has 0 atom stereocenters. The Labute approximate surface area is 162 Å². The fourth-order valence-corrected chi connectivity index (χ4v) is 3.77. The lowest BCUT2D eigenvalue weighted by Crippen LogP contribution is -2.23. The van der Waals surface area contributed by atoms with E-state index < -0.39 is 21.5 Å². The van der Waals surface area contributed by atoms with Gasteiger partial charge in [0.05, 0.1) is 12.0 Å². The summed E-state index contributed by atoms with van der Waals surface area (Å²) in [6.45, 7) is 3.88. The molecule has 28 heavy (non-hydrogen) atoms. The average Bonchev–Trinajstić information content (AvgIpc) is 3.09. The maximum atomic E-state index is 12.4. The summed E-state index contributed by atoms with van der Waals surface area (Å²) in [6, 6.07) is 11.4. The number of sulfone groups is 1. The van der Waals surface area contributed by atoms with Gasteiger partial charge in [-0.2, -0.15) is 0 Å². The second kappa shape index (κ2) is 7.81. The van der Waals surface area contributed by atoms with Gasteiger partial charge in [0.15, 0.2) is 9.84 Å². The molecule has 0 bridgehead atoms. The van der Waals surface area contributed by atoms with E-state index in [2.05, 4.69) is 15.5 Å². The van der Waals surface area contributed by atoms with Crippen LogP contribution in [0.3, 0.4) is 0 Å². The molecule has 1 N–H and O–H groups in total. The Morgan fingerprint density at radius 2 is 1.82 bits per heavy atom. The molecule has 1 amide bonds. The van der Waals surface area contributed by atoms with Gasteiger partial charge in [-0.05, 0) is 49.7 Å². The number of ether oxygens (including phenoxy) is 1. The quantitative estimate of drug-likeness (QED) is 0.676. The SMILES string of the molecule is COc1ccc(S(=O)(=O)CC(=O)Nc2nnc(-c3ccc(C)cc3C)o2)cc1. The molecule has 0 aliphatic carbocycles. The first-order valence-electron chi connectivity index (χ1n) is 8.36. The number of amides is 1. The Morgan fingerprint density at radius 3 is 2.46 bits per heavy atom. The van der Waals surface area contributed by atoms with Gasteiger partial charge in [0.25, 0.3) is 0 Å². The number of methoxy groups -OCH3 is 1. The largest absolute Gasteiger partial charge is 0.497 e. The van der Waals surface area contributed by atoms with Crippen molar-refractivity contribution in [1.29, 1.82) is 0 Å². The highest BCUT2D eigenvalue weighted by atomic mass is 32.2.